The van der Waals surface area contributed by atoms with E-state index in [-0.39, 0.29) is 24.7 Å². The van der Waals surface area contributed by atoms with Crippen LogP contribution in [0.2, 0.25) is 0 Å². The van der Waals surface area contributed by atoms with Gasteiger partial charge < -0.3 is 20.7 Å². The van der Waals surface area contributed by atoms with Gasteiger partial charge >= 0.3 is 5.97 Å². The van der Waals surface area contributed by atoms with Crippen molar-refractivity contribution < 1.29 is 23.9 Å². The van der Waals surface area contributed by atoms with E-state index in [1.807, 2.05) is 0 Å². The van der Waals surface area contributed by atoms with Crippen LogP contribution >= 0.6 is 0 Å². The first kappa shape index (κ1) is 25.9. The molecule has 0 spiro atoms. The summed E-state index contributed by atoms with van der Waals surface area (Å²) in [4.78, 5) is 50.2. The van der Waals surface area contributed by atoms with E-state index in [9.17, 15) is 19.2 Å². The minimum absolute atomic E-state index is 0.118. The van der Waals surface area contributed by atoms with Crippen LogP contribution in [0.5, 0.6) is 0 Å². The Hall–Kier alpha value is -4.72. The molecule has 0 heterocycles. The van der Waals surface area contributed by atoms with Gasteiger partial charge in [0.25, 0.3) is 17.7 Å². The molecule has 1 unspecified atom stereocenters. The Morgan fingerprint density at radius 2 is 1.19 bits per heavy atom. The van der Waals surface area contributed by atoms with Crippen LogP contribution in [0.3, 0.4) is 0 Å². The number of amides is 3. The Morgan fingerprint density at radius 1 is 0.722 bits per heavy atom. The summed E-state index contributed by atoms with van der Waals surface area (Å²) < 4.78 is 4.86. The molecule has 3 rings (SSSR count). The maximum Gasteiger partial charge on any atom is 0.328 e. The maximum absolute atomic E-state index is 12.7. The first-order chi connectivity index (χ1) is 17.5. The van der Waals surface area contributed by atoms with Gasteiger partial charge in [0.05, 0.1) is 7.11 Å². The molecule has 0 aliphatic rings. The molecule has 8 nitrogen and oxygen atoms in total. The quantitative estimate of drug-likeness (QED) is 0.381. The minimum Gasteiger partial charge on any atom is -0.467 e. The second-order valence-electron chi connectivity index (χ2n) is 7.78. The van der Waals surface area contributed by atoms with Crippen molar-refractivity contribution in [3.8, 4) is 0 Å². The first-order valence-corrected chi connectivity index (χ1v) is 11.3. The Labute approximate surface area is 209 Å². The van der Waals surface area contributed by atoms with Crippen LogP contribution in [0.1, 0.15) is 43.9 Å². The number of hydrogen-bond donors (Lipinski definition) is 3. The number of ether oxygens (including phenoxy) is 1. The van der Waals surface area contributed by atoms with E-state index in [4.69, 9.17) is 4.74 Å². The summed E-state index contributed by atoms with van der Waals surface area (Å²) in [6.45, 7) is 0. The number of benzene rings is 3. The zero-order valence-electron chi connectivity index (χ0n) is 19.8. The monoisotopic (exact) mass is 485 g/mol. The molecule has 0 saturated heterocycles. The van der Waals surface area contributed by atoms with Crippen LogP contribution < -0.4 is 16.0 Å². The van der Waals surface area contributed by atoms with Gasteiger partial charge in [-0.05, 0) is 49.2 Å². The molecule has 36 heavy (non-hydrogen) atoms. The van der Waals surface area contributed by atoms with Crippen molar-refractivity contribution in [2.45, 2.75) is 18.9 Å². The Balaban J connectivity index is 1.75. The molecule has 3 N–H and O–H groups in total. The lowest BCUT2D eigenvalue weighted by atomic mass is 10.1. The Bertz CT molecular complexity index is 1210. The number of hydrogen-bond acceptors (Lipinski definition) is 5. The molecule has 3 amide bonds. The zero-order valence-corrected chi connectivity index (χ0v) is 19.8. The van der Waals surface area contributed by atoms with Crippen LogP contribution in [0.4, 0.5) is 0 Å². The molecule has 0 aliphatic heterocycles. The van der Waals surface area contributed by atoms with Gasteiger partial charge in [0.1, 0.15) is 6.04 Å². The number of rotatable bonds is 10. The van der Waals surface area contributed by atoms with E-state index in [2.05, 4.69) is 16.0 Å². The molecule has 0 bridgehead atoms. The molecule has 0 aromatic heterocycles. The first-order valence-electron chi connectivity index (χ1n) is 11.3. The maximum atomic E-state index is 12.7. The largest absolute Gasteiger partial charge is 0.467 e. The fraction of sp³-hybridized carbons (Fsp3) is 0.143. The third-order valence-corrected chi connectivity index (χ3v) is 5.25. The lowest BCUT2D eigenvalue weighted by Gasteiger charge is -2.18. The predicted octanol–water partition coefficient (Wildman–Crippen LogP) is 3.44. The number of allylic oxidation sites excluding steroid dienone is 1. The third kappa shape index (κ3) is 7.66. The number of nitrogens with one attached hydrogen (secondary N) is 3. The van der Waals surface area contributed by atoms with E-state index < -0.39 is 17.9 Å². The van der Waals surface area contributed by atoms with Crippen molar-refractivity contribution in [1.29, 1.82) is 0 Å². The van der Waals surface area contributed by atoms with Crippen molar-refractivity contribution in [2.75, 3.05) is 7.11 Å². The fourth-order valence-electron chi connectivity index (χ4n) is 3.33. The standard InChI is InChI=1S/C28H27N3O5/c1-36-28(35)24(31-27(34)22-15-9-4-10-16-22)18-17-23(30-26(33)21-13-7-3-8-14-21)19-29-25(32)20-11-5-2-6-12-20/h2-16,19,24H,17-18H2,1H3,(H,29,32)(H,30,33)(H,31,34)/b23-19-. The summed E-state index contributed by atoms with van der Waals surface area (Å²) in [5.74, 6) is -1.79. The lowest BCUT2D eigenvalue weighted by Crippen LogP contribution is -2.42. The highest BCUT2D eigenvalue weighted by molar-refractivity contribution is 5.97. The number of carbonyl (C=O) groups is 4. The van der Waals surface area contributed by atoms with Crippen LogP contribution in [-0.4, -0.2) is 36.8 Å². The summed E-state index contributed by atoms with van der Waals surface area (Å²) >= 11 is 0. The molecule has 0 fully saturated rings. The van der Waals surface area contributed by atoms with Gasteiger partial charge in [0.15, 0.2) is 0 Å². The second kappa shape index (κ2) is 13.2. The van der Waals surface area contributed by atoms with Gasteiger partial charge in [-0.25, -0.2) is 4.79 Å². The van der Waals surface area contributed by atoms with E-state index in [1.54, 1.807) is 91.0 Å². The lowest BCUT2D eigenvalue weighted by molar-refractivity contribution is -0.143. The number of carbonyl (C=O) groups excluding carboxylic acids is 4. The van der Waals surface area contributed by atoms with Crippen LogP contribution in [0.25, 0.3) is 0 Å². The molecule has 0 saturated carbocycles. The van der Waals surface area contributed by atoms with Gasteiger partial charge in [-0.3, -0.25) is 14.4 Å². The molecule has 8 heteroatoms. The van der Waals surface area contributed by atoms with E-state index in [0.29, 0.717) is 22.4 Å². The van der Waals surface area contributed by atoms with Crippen LogP contribution in [0.15, 0.2) is 103 Å². The van der Waals surface area contributed by atoms with Gasteiger partial charge in [-0.2, -0.15) is 0 Å². The summed E-state index contributed by atoms with van der Waals surface area (Å²) in [6.07, 6.45) is 1.67. The fourth-order valence-corrected chi connectivity index (χ4v) is 3.33. The molecule has 3 aromatic rings. The second-order valence-corrected chi connectivity index (χ2v) is 7.78. The van der Waals surface area contributed by atoms with Crippen molar-refractivity contribution in [1.82, 2.24) is 16.0 Å². The third-order valence-electron chi connectivity index (χ3n) is 5.25. The normalized spacial score (nSPS) is 11.6. The van der Waals surface area contributed by atoms with Crippen molar-refractivity contribution >= 4 is 23.7 Å². The van der Waals surface area contributed by atoms with Crippen LogP contribution in [-0.2, 0) is 9.53 Å². The predicted molar refractivity (Wildman–Crippen MR) is 135 cm³/mol. The Morgan fingerprint density at radius 3 is 1.69 bits per heavy atom. The average Bonchev–Trinajstić information content (AvgIpc) is 2.94. The molecule has 0 aliphatic carbocycles. The molecule has 3 aromatic carbocycles. The summed E-state index contributed by atoms with van der Waals surface area (Å²) in [7, 11) is 1.23. The number of esters is 1. The topological polar surface area (TPSA) is 114 Å². The highest BCUT2D eigenvalue weighted by Crippen LogP contribution is 2.10. The van der Waals surface area contributed by atoms with E-state index >= 15 is 0 Å². The van der Waals surface area contributed by atoms with Crippen molar-refractivity contribution in [3.63, 3.8) is 0 Å². The highest BCUT2D eigenvalue weighted by atomic mass is 16.5. The Kier molecular flexibility index (Phi) is 9.52. The van der Waals surface area contributed by atoms with Crippen LogP contribution in [0, 0.1) is 0 Å². The van der Waals surface area contributed by atoms with Crippen molar-refractivity contribution in [2.24, 2.45) is 0 Å². The van der Waals surface area contributed by atoms with Crippen molar-refractivity contribution in [3.05, 3.63) is 120 Å². The van der Waals surface area contributed by atoms with E-state index in [1.165, 1.54) is 13.3 Å². The molecular formula is C28H27N3O5. The average molecular weight is 486 g/mol. The summed E-state index contributed by atoms with van der Waals surface area (Å²) in [6, 6.07) is 24.7. The smallest absolute Gasteiger partial charge is 0.328 e. The highest BCUT2D eigenvalue weighted by Gasteiger charge is 2.23. The summed E-state index contributed by atoms with van der Waals surface area (Å²) in [5, 5.41) is 8.12. The zero-order chi connectivity index (χ0) is 25.8. The number of methoxy groups -OCH3 is 1. The van der Waals surface area contributed by atoms with Gasteiger partial charge in [-0.1, -0.05) is 54.6 Å². The molecular weight excluding hydrogens is 458 g/mol. The SMILES string of the molecule is COC(=O)C(CC/C(=C/NC(=O)c1ccccc1)NC(=O)c1ccccc1)NC(=O)c1ccccc1. The van der Waals surface area contributed by atoms with Gasteiger partial charge in [0, 0.05) is 28.6 Å². The van der Waals surface area contributed by atoms with Gasteiger partial charge in [0.2, 0.25) is 0 Å². The molecule has 1 atom stereocenters. The minimum atomic E-state index is -0.968. The molecule has 184 valence electrons. The van der Waals surface area contributed by atoms with E-state index in [0.717, 1.165) is 0 Å². The molecule has 0 radical (unpaired) electrons. The summed E-state index contributed by atoms with van der Waals surface area (Å²) in [5.41, 5.74) is 1.63. The van der Waals surface area contributed by atoms with Gasteiger partial charge in [-0.15, -0.1) is 0 Å².